The number of fused-ring (bicyclic) bond motifs is 1. The quantitative estimate of drug-likeness (QED) is 0.424. The lowest BCUT2D eigenvalue weighted by atomic mass is 9.92. The molecule has 9 heteroatoms. The first-order chi connectivity index (χ1) is 12.9. The summed E-state index contributed by atoms with van der Waals surface area (Å²) in [6.07, 6.45) is 0. The van der Waals surface area contributed by atoms with Gasteiger partial charge in [-0.3, -0.25) is 19.8 Å². The molecule has 1 aromatic heterocycles. The van der Waals surface area contributed by atoms with E-state index in [1.54, 1.807) is 6.92 Å². The molecule has 1 saturated heterocycles. The largest absolute Gasteiger partial charge is 0.325 e. The molecule has 8 nitrogen and oxygen atoms in total. The van der Waals surface area contributed by atoms with E-state index in [-0.39, 0.29) is 12.2 Å². The molecule has 1 aliphatic rings. The van der Waals surface area contributed by atoms with Gasteiger partial charge >= 0.3 is 6.03 Å². The number of non-ortho nitro benzene ring substituents is 1. The van der Waals surface area contributed by atoms with Gasteiger partial charge in [-0.25, -0.2) is 9.78 Å². The van der Waals surface area contributed by atoms with E-state index in [1.807, 2.05) is 24.3 Å². The zero-order valence-electron chi connectivity index (χ0n) is 14.2. The van der Waals surface area contributed by atoms with E-state index in [0.717, 1.165) is 15.1 Å². The summed E-state index contributed by atoms with van der Waals surface area (Å²) in [7, 11) is 0. The summed E-state index contributed by atoms with van der Waals surface area (Å²) in [6, 6.07) is 12.7. The Balaban J connectivity index is 1.61. The highest BCUT2D eigenvalue weighted by molar-refractivity contribution is 7.18. The molecule has 1 atom stereocenters. The molecule has 0 radical (unpaired) electrons. The van der Waals surface area contributed by atoms with Crippen molar-refractivity contribution in [3.8, 4) is 0 Å². The number of carbonyl (C=O) groups is 2. The van der Waals surface area contributed by atoms with E-state index in [1.165, 1.54) is 35.6 Å². The predicted octanol–water partition coefficient (Wildman–Crippen LogP) is 3.17. The number of para-hydroxylation sites is 1. The van der Waals surface area contributed by atoms with Gasteiger partial charge in [-0.05, 0) is 36.8 Å². The number of nitro benzene ring substituents is 1. The number of nitrogens with zero attached hydrogens (tertiary/aromatic N) is 3. The molecule has 1 unspecified atom stereocenters. The van der Waals surface area contributed by atoms with Gasteiger partial charge in [0.1, 0.15) is 10.5 Å². The van der Waals surface area contributed by atoms with Crippen molar-refractivity contribution in [2.45, 2.75) is 19.0 Å². The number of amides is 3. The van der Waals surface area contributed by atoms with Gasteiger partial charge in [-0.15, -0.1) is 11.3 Å². The number of nitro groups is 1. The van der Waals surface area contributed by atoms with Gasteiger partial charge in [0.05, 0.1) is 21.7 Å². The molecule has 4 rings (SSSR count). The maximum absolute atomic E-state index is 13.0. The first-order valence-electron chi connectivity index (χ1n) is 8.12. The lowest BCUT2D eigenvalue weighted by Gasteiger charge is -2.21. The highest BCUT2D eigenvalue weighted by Crippen LogP contribution is 2.32. The second-order valence-corrected chi connectivity index (χ2v) is 7.44. The molecular formula is C18H14N4O4S. The molecule has 0 saturated carbocycles. The average Bonchev–Trinajstić information content (AvgIpc) is 3.16. The molecule has 0 bridgehead atoms. The van der Waals surface area contributed by atoms with Crippen LogP contribution in [0.3, 0.4) is 0 Å². The van der Waals surface area contributed by atoms with E-state index >= 15 is 0 Å². The second-order valence-electron chi connectivity index (χ2n) is 6.33. The molecule has 2 aromatic carbocycles. The normalized spacial score (nSPS) is 19.5. The SMILES string of the molecule is CC1(c2ccc([N+](=O)[O-])cc2)NC(=O)N(Cc2nc3ccccc3s2)C1=O. The maximum Gasteiger partial charge on any atom is 0.325 e. The number of imide groups is 1. The van der Waals surface area contributed by atoms with Crippen LogP contribution in [0.4, 0.5) is 10.5 Å². The average molecular weight is 382 g/mol. The van der Waals surface area contributed by atoms with Crippen LogP contribution in [0.2, 0.25) is 0 Å². The van der Waals surface area contributed by atoms with Gasteiger partial charge in [-0.2, -0.15) is 0 Å². The molecular weight excluding hydrogens is 368 g/mol. The number of urea groups is 1. The van der Waals surface area contributed by atoms with E-state index in [9.17, 15) is 19.7 Å². The molecule has 1 aliphatic heterocycles. The molecule has 0 aliphatic carbocycles. The first kappa shape index (κ1) is 17.1. The van der Waals surface area contributed by atoms with Gasteiger partial charge in [-0.1, -0.05) is 12.1 Å². The molecule has 3 aromatic rings. The van der Waals surface area contributed by atoms with Crippen molar-refractivity contribution in [1.29, 1.82) is 0 Å². The van der Waals surface area contributed by atoms with Crippen LogP contribution < -0.4 is 5.32 Å². The third kappa shape index (κ3) is 2.81. The molecule has 27 heavy (non-hydrogen) atoms. The van der Waals surface area contributed by atoms with Gasteiger partial charge in [0.2, 0.25) is 0 Å². The highest BCUT2D eigenvalue weighted by Gasteiger charge is 2.49. The minimum atomic E-state index is -1.27. The molecule has 2 heterocycles. The summed E-state index contributed by atoms with van der Waals surface area (Å²) in [5.74, 6) is -0.416. The highest BCUT2D eigenvalue weighted by atomic mass is 32.1. The predicted molar refractivity (Wildman–Crippen MR) is 99.2 cm³/mol. The fourth-order valence-corrected chi connectivity index (χ4v) is 4.03. The van der Waals surface area contributed by atoms with E-state index in [4.69, 9.17) is 0 Å². The number of hydrogen-bond donors (Lipinski definition) is 1. The van der Waals surface area contributed by atoms with E-state index < -0.39 is 22.4 Å². The summed E-state index contributed by atoms with van der Waals surface area (Å²) in [5, 5.41) is 14.2. The van der Waals surface area contributed by atoms with E-state index in [2.05, 4.69) is 10.3 Å². The van der Waals surface area contributed by atoms with Crippen LogP contribution in [-0.4, -0.2) is 26.7 Å². The Morgan fingerprint density at radius 1 is 1.19 bits per heavy atom. The summed E-state index contributed by atoms with van der Waals surface area (Å²) in [6.45, 7) is 1.67. The number of aromatic nitrogens is 1. The third-order valence-corrected chi connectivity index (χ3v) is 5.58. The Morgan fingerprint density at radius 2 is 1.89 bits per heavy atom. The van der Waals surface area contributed by atoms with Crippen LogP contribution in [0.15, 0.2) is 48.5 Å². The Morgan fingerprint density at radius 3 is 2.56 bits per heavy atom. The summed E-state index contributed by atoms with van der Waals surface area (Å²) >= 11 is 1.43. The summed E-state index contributed by atoms with van der Waals surface area (Å²) < 4.78 is 0.984. The Hall–Kier alpha value is -3.33. The second kappa shape index (κ2) is 6.13. The van der Waals surface area contributed by atoms with Crippen molar-refractivity contribution in [2.24, 2.45) is 0 Å². The smallest absolute Gasteiger partial charge is 0.319 e. The molecule has 0 spiro atoms. The standard InChI is InChI=1S/C18H14N4O4S/c1-18(11-6-8-12(9-7-11)22(25)26)16(23)21(17(24)20-18)10-15-19-13-4-2-3-5-14(13)27-15/h2-9H,10H2,1H3,(H,20,24). The van der Waals surface area contributed by atoms with Crippen LogP contribution in [-0.2, 0) is 16.9 Å². The van der Waals surface area contributed by atoms with Crippen LogP contribution in [0, 0.1) is 10.1 Å². The molecule has 1 fully saturated rings. The number of carbonyl (C=O) groups excluding carboxylic acids is 2. The maximum atomic E-state index is 13.0. The van der Waals surface area contributed by atoms with Crippen molar-refractivity contribution in [3.63, 3.8) is 0 Å². The number of rotatable bonds is 4. The third-order valence-electron chi connectivity index (χ3n) is 4.56. The number of benzene rings is 2. The zero-order chi connectivity index (χ0) is 19.2. The van der Waals surface area contributed by atoms with Crippen molar-refractivity contribution in [1.82, 2.24) is 15.2 Å². The van der Waals surface area contributed by atoms with Crippen LogP contribution in [0.25, 0.3) is 10.2 Å². The van der Waals surface area contributed by atoms with Gasteiger partial charge in [0, 0.05) is 12.1 Å². The minimum absolute atomic E-state index is 0.0760. The monoisotopic (exact) mass is 382 g/mol. The Bertz CT molecular complexity index is 1050. The Kier molecular flexibility index (Phi) is 3.88. The summed E-state index contributed by atoms with van der Waals surface area (Å²) in [5.41, 5.74) is -0.0468. The fraction of sp³-hybridized carbons (Fsp3) is 0.167. The lowest BCUT2D eigenvalue weighted by Crippen LogP contribution is -2.40. The van der Waals surface area contributed by atoms with Gasteiger partial charge < -0.3 is 5.32 Å². The first-order valence-corrected chi connectivity index (χ1v) is 8.93. The van der Waals surface area contributed by atoms with Crippen LogP contribution in [0.5, 0.6) is 0 Å². The number of nitrogens with one attached hydrogen (secondary N) is 1. The van der Waals surface area contributed by atoms with Crippen molar-refractivity contribution in [3.05, 3.63) is 69.2 Å². The van der Waals surface area contributed by atoms with Crippen molar-refractivity contribution < 1.29 is 14.5 Å². The van der Waals surface area contributed by atoms with Crippen LogP contribution in [0.1, 0.15) is 17.5 Å². The minimum Gasteiger partial charge on any atom is -0.319 e. The van der Waals surface area contributed by atoms with Crippen molar-refractivity contribution >= 4 is 39.2 Å². The van der Waals surface area contributed by atoms with Gasteiger partial charge in [0.15, 0.2) is 0 Å². The van der Waals surface area contributed by atoms with E-state index in [0.29, 0.717) is 10.6 Å². The molecule has 1 N–H and O–H groups in total. The summed E-state index contributed by atoms with van der Waals surface area (Å²) in [4.78, 5) is 41.3. The fourth-order valence-electron chi connectivity index (χ4n) is 3.08. The number of thiazole rings is 1. The zero-order valence-corrected chi connectivity index (χ0v) is 15.0. The Labute approximate surface area is 157 Å². The lowest BCUT2D eigenvalue weighted by molar-refractivity contribution is -0.384. The number of hydrogen-bond acceptors (Lipinski definition) is 6. The topological polar surface area (TPSA) is 105 Å². The molecule has 136 valence electrons. The molecule has 3 amide bonds. The van der Waals surface area contributed by atoms with Crippen molar-refractivity contribution in [2.75, 3.05) is 0 Å². The van der Waals surface area contributed by atoms with Gasteiger partial charge in [0.25, 0.3) is 11.6 Å². The van der Waals surface area contributed by atoms with Crippen LogP contribution >= 0.6 is 11.3 Å².